The molecule has 1 heterocycles. The fourth-order valence-electron chi connectivity index (χ4n) is 3.62. The average Bonchev–Trinajstić information content (AvgIpc) is 2.75. The van der Waals surface area contributed by atoms with Crippen LogP contribution in [-0.4, -0.2) is 41.4 Å². The van der Waals surface area contributed by atoms with E-state index in [9.17, 15) is 9.59 Å². The van der Waals surface area contributed by atoms with Gasteiger partial charge in [0.15, 0.2) is 6.61 Å². The molecule has 30 heavy (non-hydrogen) atoms. The quantitative estimate of drug-likeness (QED) is 0.690. The SMILES string of the molecule is CN(Cc1cccnc1)C(=O)C1CCC(NC(=O)COc2ccc(Cl)c(Cl)c2)CC1. The molecule has 6 nitrogen and oxygen atoms in total. The van der Waals surface area contributed by atoms with Crippen molar-refractivity contribution in [2.24, 2.45) is 5.92 Å². The summed E-state index contributed by atoms with van der Waals surface area (Å²) < 4.78 is 5.47. The third-order valence-electron chi connectivity index (χ3n) is 5.22. The van der Waals surface area contributed by atoms with Crippen LogP contribution < -0.4 is 10.1 Å². The van der Waals surface area contributed by atoms with E-state index in [1.54, 1.807) is 35.5 Å². The zero-order chi connectivity index (χ0) is 21.5. The molecule has 8 heteroatoms. The Hall–Kier alpha value is -2.31. The third-order valence-corrected chi connectivity index (χ3v) is 5.96. The molecular weight excluding hydrogens is 425 g/mol. The maximum Gasteiger partial charge on any atom is 0.258 e. The Morgan fingerprint density at radius 3 is 2.60 bits per heavy atom. The van der Waals surface area contributed by atoms with E-state index in [1.807, 2.05) is 19.2 Å². The molecule has 1 fully saturated rings. The van der Waals surface area contributed by atoms with E-state index in [1.165, 1.54) is 0 Å². The number of aromatic nitrogens is 1. The second kappa shape index (κ2) is 10.6. The molecular formula is C22H25Cl2N3O3. The van der Waals surface area contributed by atoms with Gasteiger partial charge in [-0.25, -0.2) is 0 Å². The second-order valence-corrected chi connectivity index (χ2v) is 8.35. The van der Waals surface area contributed by atoms with Gasteiger partial charge in [0.05, 0.1) is 10.0 Å². The number of amides is 2. The van der Waals surface area contributed by atoms with E-state index < -0.39 is 0 Å². The Balaban J connectivity index is 1.39. The first kappa shape index (κ1) is 22.4. The normalized spacial score (nSPS) is 18.5. The second-order valence-electron chi connectivity index (χ2n) is 7.54. The van der Waals surface area contributed by atoms with E-state index >= 15 is 0 Å². The number of carbonyl (C=O) groups excluding carboxylic acids is 2. The number of hydrogen-bond acceptors (Lipinski definition) is 4. The van der Waals surface area contributed by atoms with Crippen LogP contribution in [0.15, 0.2) is 42.7 Å². The Labute approximate surface area is 186 Å². The predicted molar refractivity (Wildman–Crippen MR) is 117 cm³/mol. The summed E-state index contributed by atoms with van der Waals surface area (Å²) in [6.07, 6.45) is 6.56. The number of carbonyl (C=O) groups is 2. The lowest BCUT2D eigenvalue weighted by Crippen LogP contribution is -2.42. The van der Waals surface area contributed by atoms with E-state index in [0.29, 0.717) is 22.3 Å². The zero-order valence-corrected chi connectivity index (χ0v) is 18.3. The number of benzene rings is 1. The number of rotatable bonds is 7. The molecule has 0 unspecified atom stereocenters. The number of nitrogens with one attached hydrogen (secondary N) is 1. The van der Waals surface area contributed by atoms with Crippen molar-refractivity contribution in [2.45, 2.75) is 38.3 Å². The minimum Gasteiger partial charge on any atom is -0.484 e. The van der Waals surface area contributed by atoms with Crippen molar-refractivity contribution in [2.75, 3.05) is 13.7 Å². The Morgan fingerprint density at radius 1 is 1.17 bits per heavy atom. The minimum absolute atomic E-state index is 0.00715. The van der Waals surface area contributed by atoms with Gasteiger partial charge in [-0.15, -0.1) is 0 Å². The highest BCUT2D eigenvalue weighted by atomic mass is 35.5. The molecule has 0 radical (unpaired) electrons. The largest absolute Gasteiger partial charge is 0.484 e. The molecule has 0 spiro atoms. The van der Waals surface area contributed by atoms with E-state index in [0.717, 1.165) is 31.2 Å². The van der Waals surface area contributed by atoms with E-state index in [-0.39, 0.29) is 30.4 Å². The monoisotopic (exact) mass is 449 g/mol. The van der Waals surface area contributed by atoms with Gasteiger partial charge in [0, 0.05) is 44.0 Å². The van der Waals surface area contributed by atoms with Crippen molar-refractivity contribution in [3.05, 3.63) is 58.3 Å². The fraction of sp³-hybridized carbons (Fsp3) is 0.409. The van der Waals surface area contributed by atoms with Crippen LogP contribution in [0.4, 0.5) is 0 Å². The summed E-state index contributed by atoms with van der Waals surface area (Å²) in [5, 5.41) is 3.80. The van der Waals surface area contributed by atoms with Crippen molar-refractivity contribution >= 4 is 35.0 Å². The topological polar surface area (TPSA) is 71.5 Å². The average molecular weight is 450 g/mol. The van der Waals surface area contributed by atoms with Crippen molar-refractivity contribution < 1.29 is 14.3 Å². The number of hydrogen-bond donors (Lipinski definition) is 1. The lowest BCUT2D eigenvalue weighted by atomic mass is 9.85. The number of pyridine rings is 1. The van der Waals surface area contributed by atoms with Crippen LogP contribution in [0.2, 0.25) is 10.0 Å². The third kappa shape index (κ3) is 6.34. The lowest BCUT2D eigenvalue weighted by molar-refractivity contribution is -0.135. The smallest absolute Gasteiger partial charge is 0.258 e. The van der Waals surface area contributed by atoms with Crippen LogP contribution in [0, 0.1) is 5.92 Å². The summed E-state index contributed by atoms with van der Waals surface area (Å²) in [7, 11) is 1.82. The Kier molecular flexibility index (Phi) is 7.94. The van der Waals surface area contributed by atoms with Crippen LogP contribution in [0.1, 0.15) is 31.2 Å². The van der Waals surface area contributed by atoms with Gasteiger partial charge in [-0.1, -0.05) is 29.3 Å². The number of nitrogens with zero attached hydrogens (tertiary/aromatic N) is 2. The molecule has 1 N–H and O–H groups in total. The summed E-state index contributed by atoms with van der Waals surface area (Å²) in [4.78, 5) is 30.8. The Morgan fingerprint density at radius 2 is 1.93 bits per heavy atom. The highest BCUT2D eigenvalue weighted by molar-refractivity contribution is 6.42. The summed E-state index contributed by atoms with van der Waals surface area (Å²) in [5.74, 6) is 0.439. The molecule has 3 rings (SSSR count). The van der Waals surface area contributed by atoms with Gasteiger partial charge >= 0.3 is 0 Å². The standard InChI is InChI=1S/C22H25Cl2N3O3/c1-27(13-15-3-2-10-25-12-15)22(29)16-4-6-17(7-5-16)26-21(28)14-30-18-8-9-19(23)20(24)11-18/h2-3,8-12,16-17H,4-7,13-14H2,1H3,(H,26,28). The van der Waals surface area contributed by atoms with Crippen molar-refractivity contribution in [1.29, 1.82) is 0 Å². The minimum atomic E-state index is -0.190. The van der Waals surface area contributed by atoms with Crippen LogP contribution in [0.5, 0.6) is 5.75 Å². The van der Waals surface area contributed by atoms with Crippen LogP contribution in [0.25, 0.3) is 0 Å². The first-order chi connectivity index (χ1) is 14.4. The molecule has 0 aliphatic heterocycles. The molecule has 2 amide bonds. The van der Waals surface area contributed by atoms with Gasteiger partial charge in [-0.05, 0) is 49.4 Å². The summed E-state index contributed by atoms with van der Waals surface area (Å²) in [5.41, 5.74) is 1.01. The van der Waals surface area contributed by atoms with Crippen LogP contribution in [0.3, 0.4) is 0 Å². The zero-order valence-electron chi connectivity index (χ0n) is 16.8. The van der Waals surface area contributed by atoms with E-state index in [2.05, 4.69) is 10.3 Å². The lowest BCUT2D eigenvalue weighted by Gasteiger charge is -2.31. The van der Waals surface area contributed by atoms with Gasteiger partial charge < -0.3 is 15.0 Å². The van der Waals surface area contributed by atoms with Crippen LogP contribution >= 0.6 is 23.2 Å². The molecule has 0 saturated heterocycles. The van der Waals surface area contributed by atoms with Crippen LogP contribution in [-0.2, 0) is 16.1 Å². The molecule has 0 bridgehead atoms. The molecule has 1 aromatic carbocycles. The first-order valence-electron chi connectivity index (χ1n) is 9.93. The van der Waals surface area contributed by atoms with Gasteiger partial charge in [-0.2, -0.15) is 0 Å². The molecule has 2 aromatic rings. The number of halogens is 2. The summed E-state index contributed by atoms with van der Waals surface area (Å²) in [6, 6.07) is 8.76. The molecule has 1 aliphatic carbocycles. The van der Waals surface area contributed by atoms with Gasteiger partial charge in [0.25, 0.3) is 5.91 Å². The summed E-state index contributed by atoms with van der Waals surface area (Å²) in [6.45, 7) is 0.458. The maximum absolute atomic E-state index is 12.7. The van der Waals surface area contributed by atoms with Crippen molar-refractivity contribution in [3.63, 3.8) is 0 Å². The first-order valence-corrected chi connectivity index (χ1v) is 10.7. The van der Waals surface area contributed by atoms with E-state index in [4.69, 9.17) is 27.9 Å². The molecule has 160 valence electrons. The highest BCUT2D eigenvalue weighted by Gasteiger charge is 2.29. The molecule has 1 aromatic heterocycles. The highest BCUT2D eigenvalue weighted by Crippen LogP contribution is 2.27. The van der Waals surface area contributed by atoms with Gasteiger partial charge in [0.1, 0.15) is 5.75 Å². The predicted octanol–water partition coefficient (Wildman–Crippen LogP) is 4.10. The fourth-order valence-corrected chi connectivity index (χ4v) is 3.91. The van der Waals surface area contributed by atoms with Gasteiger partial charge in [0.2, 0.25) is 5.91 Å². The molecule has 1 saturated carbocycles. The molecule has 1 aliphatic rings. The Bertz CT molecular complexity index is 871. The van der Waals surface area contributed by atoms with Crippen molar-refractivity contribution in [3.8, 4) is 5.75 Å². The molecule has 0 atom stereocenters. The maximum atomic E-state index is 12.7. The number of ether oxygens (including phenoxy) is 1. The van der Waals surface area contributed by atoms with Crippen molar-refractivity contribution in [1.82, 2.24) is 15.2 Å². The van der Waals surface area contributed by atoms with Gasteiger partial charge in [-0.3, -0.25) is 14.6 Å². The summed E-state index contributed by atoms with van der Waals surface area (Å²) >= 11 is 11.8.